The third-order valence-corrected chi connectivity index (χ3v) is 3.43. The monoisotopic (exact) mass is 268 g/mol. The van der Waals surface area contributed by atoms with Crippen LogP contribution < -0.4 is 0 Å². The molecule has 0 aromatic heterocycles. The predicted molar refractivity (Wildman–Crippen MR) is 65.1 cm³/mol. The summed E-state index contributed by atoms with van der Waals surface area (Å²) < 4.78 is 37.8. The molecular formula is C14H15F3N2. The molecule has 0 saturated carbocycles. The van der Waals surface area contributed by atoms with Gasteiger partial charge in [-0.3, -0.25) is 4.90 Å². The number of nitrogens with zero attached hydrogens (tertiary/aromatic N) is 2. The highest BCUT2D eigenvalue weighted by molar-refractivity contribution is 5.25. The van der Waals surface area contributed by atoms with Crippen LogP contribution in [0.5, 0.6) is 0 Å². The molecule has 0 spiro atoms. The molecule has 1 heterocycles. The minimum atomic E-state index is -4.29. The van der Waals surface area contributed by atoms with Crippen LogP contribution in [-0.2, 0) is 12.7 Å². The van der Waals surface area contributed by atoms with Crippen LogP contribution in [0, 0.1) is 17.2 Å². The second kappa shape index (κ2) is 5.62. The molecule has 0 bridgehead atoms. The molecule has 2 nitrogen and oxygen atoms in total. The van der Waals surface area contributed by atoms with Crippen LogP contribution in [0.2, 0.25) is 0 Å². The lowest BCUT2D eigenvalue weighted by molar-refractivity contribution is -0.137. The van der Waals surface area contributed by atoms with E-state index in [1.54, 1.807) is 6.07 Å². The average molecular weight is 268 g/mol. The van der Waals surface area contributed by atoms with Crippen LogP contribution in [0.1, 0.15) is 24.0 Å². The van der Waals surface area contributed by atoms with Gasteiger partial charge in [-0.05, 0) is 37.6 Å². The molecule has 0 aliphatic carbocycles. The minimum absolute atomic E-state index is 0.0951. The first-order valence-electron chi connectivity index (χ1n) is 6.27. The Morgan fingerprint density at radius 1 is 1.26 bits per heavy atom. The van der Waals surface area contributed by atoms with Crippen molar-refractivity contribution in [2.45, 2.75) is 25.6 Å². The Hall–Kier alpha value is -1.54. The number of likely N-dealkylation sites (tertiary alicyclic amines) is 1. The van der Waals surface area contributed by atoms with Crippen molar-refractivity contribution < 1.29 is 13.2 Å². The fourth-order valence-corrected chi connectivity index (χ4v) is 2.32. The number of halogens is 3. The molecule has 1 aliphatic rings. The third kappa shape index (κ3) is 3.71. The van der Waals surface area contributed by atoms with Gasteiger partial charge >= 0.3 is 6.18 Å². The number of alkyl halides is 3. The zero-order chi connectivity index (χ0) is 13.9. The number of rotatable bonds is 2. The fraction of sp³-hybridized carbons (Fsp3) is 0.500. The van der Waals surface area contributed by atoms with Crippen molar-refractivity contribution in [1.82, 2.24) is 4.90 Å². The summed E-state index contributed by atoms with van der Waals surface area (Å²) in [6.45, 7) is 2.06. The molecule has 19 heavy (non-hydrogen) atoms. The molecular weight excluding hydrogens is 253 g/mol. The molecule has 0 N–H and O–H groups in total. The molecule has 1 aromatic carbocycles. The first-order valence-corrected chi connectivity index (χ1v) is 6.27. The SMILES string of the molecule is N#CC1CCN(Cc2cccc(C(F)(F)F)c2)CC1. The third-order valence-electron chi connectivity index (χ3n) is 3.43. The normalized spacial score (nSPS) is 18.2. The Morgan fingerprint density at radius 3 is 2.53 bits per heavy atom. The van der Waals surface area contributed by atoms with Crippen molar-refractivity contribution in [2.24, 2.45) is 5.92 Å². The quantitative estimate of drug-likeness (QED) is 0.821. The van der Waals surface area contributed by atoms with Crippen molar-refractivity contribution in [3.8, 4) is 6.07 Å². The largest absolute Gasteiger partial charge is 0.416 e. The van der Waals surface area contributed by atoms with E-state index in [0.717, 1.165) is 32.0 Å². The lowest BCUT2D eigenvalue weighted by Crippen LogP contribution is -2.32. The van der Waals surface area contributed by atoms with E-state index in [1.807, 2.05) is 0 Å². The van der Waals surface area contributed by atoms with Gasteiger partial charge in [0.25, 0.3) is 0 Å². The maximum absolute atomic E-state index is 12.6. The van der Waals surface area contributed by atoms with Crippen molar-refractivity contribution in [3.05, 3.63) is 35.4 Å². The number of nitriles is 1. The van der Waals surface area contributed by atoms with Gasteiger partial charge in [0.05, 0.1) is 11.6 Å². The van der Waals surface area contributed by atoms with E-state index in [2.05, 4.69) is 11.0 Å². The van der Waals surface area contributed by atoms with E-state index in [4.69, 9.17) is 5.26 Å². The maximum Gasteiger partial charge on any atom is 0.416 e. The van der Waals surface area contributed by atoms with Crippen LogP contribution in [-0.4, -0.2) is 18.0 Å². The molecule has 1 aromatic rings. The maximum atomic E-state index is 12.6. The summed E-state index contributed by atoms with van der Waals surface area (Å²) in [7, 11) is 0. The van der Waals surface area contributed by atoms with E-state index < -0.39 is 11.7 Å². The van der Waals surface area contributed by atoms with Gasteiger partial charge < -0.3 is 0 Å². The summed E-state index contributed by atoms with van der Waals surface area (Å²) in [6.07, 6.45) is -2.69. The van der Waals surface area contributed by atoms with E-state index in [1.165, 1.54) is 12.1 Å². The van der Waals surface area contributed by atoms with Crippen LogP contribution in [0.3, 0.4) is 0 Å². The van der Waals surface area contributed by atoms with Crippen LogP contribution in [0.4, 0.5) is 13.2 Å². The molecule has 0 radical (unpaired) electrons. The first-order chi connectivity index (χ1) is 8.99. The Kier molecular flexibility index (Phi) is 4.11. The minimum Gasteiger partial charge on any atom is -0.299 e. The standard InChI is InChI=1S/C14H15F3N2/c15-14(16,17)13-3-1-2-12(8-13)10-19-6-4-11(9-18)5-7-19/h1-3,8,11H,4-7,10H2. The smallest absolute Gasteiger partial charge is 0.299 e. The summed E-state index contributed by atoms with van der Waals surface area (Å²) in [5.41, 5.74) is 0.0714. The lowest BCUT2D eigenvalue weighted by Gasteiger charge is -2.29. The van der Waals surface area contributed by atoms with Gasteiger partial charge in [0, 0.05) is 12.5 Å². The molecule has 0 unspecified atom stereocenters. The fourth-order valence-electron chi connectivity index (χ4n) is 2.32. The Labute approximate surface area is 110 Å². The van der Waals surface area contributed by atoms with E-state index in [0.29, 0.717) is 12.1 Å². The molecule has 5 heteroatoms. The highest BCUT2D eigenvalue weighted by Crippen LogP contribution is 2.30. The van der Waals surface area contributed by atoms with Gasteiger partial charge in [-0.1, -0.05) is 18.2 Å². The molecule has 0 atom stereocenters. The average Bonchev–Trinajstić information content (AvgIpc) is 2.39. The van der Waals surface area contributed by atoms with Crippen LogP contribution in [0.25, 0.3) is 0 Å². The highest BCUT2D eigenvalue weighted by Gasteiger charge is 2.30. The first kappa shape index (κ1) is 13.9. The number of benzene rings is 1. The van der Waals surface area contributed by atoms with Crippen molar-refractivity contribution >= 4 is 0 Å². The van der Waals surface area contributed by atoms with E-state index in [-0.39, 0.29) is 5.92 Å². The Balaban J connectivity index is 1.99. The number of piperidine rings is 1. The summed E-state index contributed by atoms with van der Waals surface area (Å²) in [5, 5.41) is 8.80. The van der Waals surface area contributed by atoms with Gasteiger partial charge in [-0.2, -0.15) is 18.4 Å². The molecule has 1 fully saturated rings. The van der Waals surface area contributed by atoms with Gasteiger partial charge in [0.15, 0.2) is 0 Å². The highest BCUT2D eigenvalue weighted by atomic mass is 19.4. The summed E-state index contributed by atoms with van der Waals surface area (Å²) in [6, 6.07) is 7.69. The van der Waals surface area contributed by atoms with Gasteiger partial charge in [0.1, 0.15) is 0 Å². The van der Waals surface area contributed by atoms with Crippen molar-refractivity contribution in [1.29, 1.82) is 5.26 Å². The summed E-state index contributed by atoms with van der Waals surface area (Å²) in [4.78, 5) is 2.10. The van der Waals surface area contributed by atoms with E-state index >= 15 is 0 Å². The van der Waals surface area contributed by atoms with Gasteiger partial charge in [-0.15, -0.1) is 0 Å². The molecule has 1 aliphatic heterocycles. The summed E-state index contributed by atoms with van der Waals surface area (Å²) in [5.74, 6) is 0.0951. The number of hydrogen-bond acceptors (Lipinski definition) is 2. The molecule has 2 rings (SSSR count). The molecule has 1 saturated heterocycles. The Morgan fingerprint density at radius 2 is 1.95 bits per heavy atom. The van der Waals surface area contributed by atoms with Gasteiger partial charge in [-0.25, -0.2) is 0 Å². The van der Waals surface area contributed by atoms with E-state index in [9.17, 15) is 13.2 Å². The number of hydrogen-bond donors (Lipinski definition) is 0. The van der Waals surface area contributed by atoms with Crippen LogP contribution in [0.15, 0.2) is 24.3 Å². The Bertz CT molecular complexity index is 468. The lowest BCUT2D eigenvalue weighted by atomic mass is 9.98. The topological polar surface area (TPSA) is 27.0 Å². The molecule has 102 valence electrons. The second-order valence-corrected chi connectivity index (χ2v) is 4.88. The zero-order valence-electron chi connectivity index (χ0n) is 10.5. The summed E-state index contributed by atoms with van der Waals surface area (Å²) >= 11 is 0. The van der Waals surface area contributed by atoms with Crippen molar-refractivity contribution in [3.63, 3.8) is 0 Å². The van der Waals surface area contributed by atoms with Gasteiger partial charge in [0.2, 0.25) is 0 Å². The van der Waals surface area contributed by atoms with Crippen molar-refractivity contribution in [2.75, 3.05) is 13.1 Å². The predicted octanol–water partition coefficient (Wildman–Crippen LogP) is 3.44. The molecule has 0 amide bonds. The second-order valence-electron chi connectivity index (χ2n) is 4.88. The zero-order valence-corrected chi connectivity index (χ0v) is 10.5. The van der Waals surface area contributed by atoms with Crippen LogP contribution >= 0.6 is 0 Å².